The monoisotopic (exact) mass is 392 g/mol. The van der Waals surface area contributed by atoms with Gasteiger partial charge in [0.25, 0.3) is 5.91 Å². The van der Waals surface area contributed by atoms with Crippen LogP contribution in [0.15, 0.2) is 42.5 Å². The van der Waals surface area contributed by atoms with Crippen molar-refractivity contribution in [2.45, 2.75) is 25.7 Å². The van der Waals surface area contributed by atoms with Gasteiger partial charge in [-0.2, -0.15) is 0 Å². The molecule has 1 fully saturated rings. The van der Waals surface area contributed by atoms with E-state index in [2.05, 4.69) is 22.3 Å². The Hall–Kier alpha value is -1.91. The average molecular weight is 393 g/mol. The molecule has 2 aromatic carbocycles. The first kappa shape index (κ1) is 18.9. The molecular formula is C20H22Cl2N2O2. The summed E-state index contributed by atoms with van der Waals surface area (Å²) in [5.74, 6) is 0.196. The quantitative estimate of drug-likeness (QED) is 0.741. The van der Waals surface area contributed by atoms with Gasteiger partial charge in [-0.25, -0.2) is 0 Å². The van der Waals surface area contributed by atoms with E-state index in [0.717, 1.165) is 18.8 Å². The van der Waals surface area contributed by atoms with Gasteiger partial charge in [-0.15, -0.1) is 0 Å². The molecule has 0 aliphatic carbocycles. The Balaban J connectivity index is 1.52. The number of anilines is 2. The Morgan fingerprint density at radius 1 is 1.00 bits per heavy atom. The highest BCUT2D eigenvalue weighted by molar-refractivity contribution is 6.35. The van der Waals surface area contributed by atoms with E-state index in [0.29, 0.717) is 15.8 Å². The molecule has 4 nitrogen and oxygen atoms in total. The normalized spacial score (nSPS) is 14.6. The summed E-state index contributed by atoms with van der Waals surface area (Å²) >= 11 is 11.9. The molecule has 138 valence electrons. The van der Waals surface area contributed by atoms with Crippen LogP contribution in [0, 0.1) is 0 Å². The van der Waals surface area contributed by atoms with Gasteiger partial charge in [0, 0.05) is 29.5 Å². The molecule has 1 heterocycles. The van der Waals surface area contributed by atoms with Crippen molar-refractivity contribution in [3.63, 3.8) is 0 Å². The van der Waals surface area contributed by atoms with E-state index < -0.39 is 0 Å². The van der Waals surface area contributed by atoms with Crippen molar-refractivity contribution in [1.82, 2.24) is 0 Å². The summed E-state index contributed by atoms with van der Waals surface area (Å²) in [4.78, 5) is 14.5. The number of amides is 1. The minimum absolute atomic E-state index is 0.116. The van der Waals surface area contributed by atoms with Crippen LogP contribution in [0.4, 0.5) is 11.4 Å². The van der Waals surface area contributed by atoms with Crippen molar-refractivity contribution in [2.24, 2.45) is 0 Å². The molecule has 0 radical (unpaired) electrons. The van der Waals surface area contributed by atoms with Gasteiger partial charge in [-0.1, -0.05) is 36.0 Å². The number of benzene rings is 2. The molecule has 1 aliphatic heterocycles. The van der Waals surface area contributed by atoms with Crippen LogP contribution in [0.1, 0.15) is 25.7 Å². The fraction of sp³-hybridized carbons (Fsp3) is 0.350. The minimum atomic E-state index is -0.237. The number of nitrogens with one attached hydrogen (secondary N) is 1. The molecule has 26 heavy (non-hydrogen) atoms. The lowest BCUT2D eigenvalue weighted by atomic mass is 10.2. The van der Waals surface area contributed by atoms with Crippen LogP contribution in [0.5, 0.6) is 5.75 Å². The second kappa shape index (κ2) is 9.15. The summed E-state index contributed by atoms with van der Waals surface area (Å²) in [6, 6.07) is 12.9. The number of carbonyl (C=O) groups is 1. The van der Waals surface area contributed by atoms with Gasteiger partial charge in [0.1, 0.15) is 5.75 Å². The average Bonchev–Trinajstić information content (AvgIpc) is 2.91. The maximum atomic E-state index is 12.1. The van der Waals surface area contributed by atoms with Gasteiger partial charge in [0.15, 0.2) is 6.61 Å². The lowest BCUT2D eigenvalue weighted by Gasteiger charge is -2.22. The lowest BCUT2D eigenvalue weighted by Crippen LogP contribution is -2.24. The summed E-state index contributed by atoms with van der Waals surface area (Å²) < 4.78 is 5.45. The molecular weight excluding hydrogens is 371 g/mol. The molecule has 0 aromatic heterocycles. The molecule has 1 amide bonds. The molecule has 0 spiro atoms. The predicted molar refractivity (Wildman–Crippen MR) is 108 cm³/mol. The molecule has 6 heteroatoms. The van der Waals surface area contributed by atoms with Gasteiger partial charge < -0.3 is 15.0 Å². The van der Waals surface area contributed by atoms with Crippen molar-refractivity contribution in [2.75, 3.05) is 29.9 Å². The van der Waals surface area contributed by atoms with E-state index in [-0.39, 0.29) is 12.5 Å². The Labute approximate surface area is 164 Å². The van der Waals surface area contributed by atoms with Crippen LogP contribution in [-0.2, 0) is 4.79 Å². The van der Waals surface area contributed by atoms with Crippen molar-refractivity contribution in [3.8, 4) is 5.75 Å². The molecule has 1 aliphatic rings. The molecule has 1 N–H and O–H groups in total. The standard InChI is InChI=1S/C20H22Cl2N2O2/c21-15-5-10-19(18(22)13-15)26-14-20(25)23-16-6-8-17(9-7-16)24-11-3-1-2-4-12-24/h5-10,13H,1-4,11-12,14H2,(H,23,25). The van der Waals surface area contributed by atoms with Crippen LogP contribution in [-0.4, -0.2) is 25.6 Å². The van der Waals surface area contributed by atoms with Crippen molar-refractivity contribution >= 4 is 40.5 Å². The number of carbonyl (C=O) groups excluding carboxylic acids is 1. The van der Waals surface area contributed by atoms with Crippen LogP contribution < -0.4 is 15.0 Å². The first-order valence-electron chi connectivity index (χ1n) is 8.84. The van der Waals surface area contributed by atoms with E-state index in [1.165, 1.54) is 31.4 Å². The van der Waals surface area contributed by atoms with Crippen molar-refractivity contribution in [1.29, 1.82) is 0 Å². The number of ether oxygens (including phenoxy) is 1. The van der Waals surface area contributed by atoms with E-state index in [1.807, 2.05) is 12.1 Å². The predicted octanol–water partition coefficient (Wildman–Crippen LogP) is 5.39. The van der Waals surface area contributed by atoms with E-state index >= 15 is 0 Å². The zero-order valence-corrected chi connectivity index (χ0v) is 16.0. The van der Waals surface area contributed by atoms with Crippen LogP contribution in [0.3, 0.4) is 0 Å². The lowest BCUT2D eigenvalue weighted by molar-refractivity contribution is -0.118. The highest BCUT2D eigenvalue weighted by Gasteiger charge is 2.11. The SMILES string of the molecule is O=C(COc1ccc(Cl)cc1Cl)Nc1ccc(N2CCCCCC2)cc1. The van der Waals surface area contributed by atoms with Gasteiger partial charge in [0.2, 0.25) is 0 Å². The van der Waals surface area contributed by atoms with Crippen molar-refractivity contribution < 1.29 is 9.53 Å². The minimum Gasteiger partial charge on any atom is -0.482 e. The maximum absolute atomic E-state index is 12.1. The van der Waals surface area contributed by atoms with Gasteiger partial charge in [-0.05, 0) is 55.3 Å². The molecule has 0 unspecified atom stereocenters. The highest BCUT2D eigenvalue weighted by Crippen LogP contribution is 2.27. The molecule has 0 bridgehead atoms. The number of hydrogen-bond donors (Lipinski definition) is 1. The maximum Gasteiger partial charge on any atom is 0.262 e. The molecule has 0 atom stereocenters. The number of nitrogens with zero attached hydrogens (tertiary/aromatic N) is 1. The third kappa shape index (κ3) is 5.29. The topological polar surface area (TPSA) is 41.6 Å². The highest BCUT2D eigenvalue weighted by atomic mass is 35.5. The van der Waals surface area contributed by atoms with E-state index in [4.69, 9.17) is 27.9 Å². The van der Waals surface area contributed by atoms with Crippen LogP contribution >= 0.6 is 23.2 Å². The Morgan fingerprint density at radius 2 is 1.69 bits per heavy atom. The summed E-state index contributed by atoms with van der Waals surface area (Å²) in [5.41, 5.74) is 1.95. The summed E-state index contributed by atoms with van der Waals surface area (Å²) in [6.07, 6.45) is 5.09. The second-order valence-corrected chi connectivity index (χ2v) is 7.20. The number of rotatable bonds is 5. The van der Waals surface area contributed by atoms with Gasteiger partial charge in [-0.3, -0.25) is 4.79 Å². The molecule has 3 rings (SSSR count). The summed E-state index contributed by atoms with van der Waals surface area (Å²) in [5, 5.41) is 3.74. The Kier molecular flexibility index (Phi) is 6.64. The van der Waals surface area contributed by atoms with Crippen LogP contribution in [0.2, 0.25) is 10.0 Å². The molecule has 1 saturated heterocycles. The van der Waals surface area contributed by atoms with E-state index in [9.17, 15) is 4.79 Å². The number of halogens is 2. The molecule has 0 saturated carbocycles. The van der Waals surface area contributed by atoms with Crippen LogP contribution in [0.25, 0.3) is 0 Å². The fourth-order valence-electron chi connectivity index (χ4n) is 3.02. The van der Waals surface area contributed by atoms with Gasteiger partial charge in [0.05, 0.1) is 5.02 Å². The third-order valence-corrected chi connectivity index (χ3v) is 4.91. The first-order valence-corrected chi connectivity index (χ1v) is 9.60. The third-order valence-electron chi connectivity index (χ3n) is 4.37. The summed E-state index contributed by atoms with van der Waals surface area (Å²) in [6.45, 7) is 2.08. The Bertz CT molecular complexity index is 742. The largest absolute Gasteiger partial charge is 0.482 e. The van der Waals surface area contributed by atoms with Crippen molar-refractivity contribution in [3.05, 3.63) is 52.5 Å². The molecule has 2 aromatic rings. The summed E-state index contributed by atoms with van der Waals surface area (Å²) in [7, 11) is 0. The van der Waals surface area contributed by atoms with Gasteiger partial charge >= 0.3 is 0 Å². The smallest absolute Gasteiger partial charge is 0.262 e. The first-order chi connectivity index (χ1) is 12.6. The zero-order valence-electron chi connectivity index (χ0n) is 14.5. The zero-order chi connectivity index (χ0) is 18.4. The fourth-order valence-corrected chi connectivity index (χ4v) is 3.48. The second-order valence-electron chi connectivity index (χ2n) is 6.36. The Morgan fingerprint density at radius 3 is 2.35 bits per heavy atom. The van der Waals surface area contributed by atoms with E-state index in [1.54, 1.807) is 18.2 Å². The number of hydrogen-bond acceptors (Lipinski definition) is 3.